The number of aryl methyl sites for hydroxylation is 2. The SMILES string of the molecule is COC(=O)c1cc(S(=O)(=O)N2CCC[C@H]2C(=O)Nc2cc(C)ccc2OC)cn1C. The quantitative estimate of drug-likeness (QED) is 0.695. The molecule has 1 atom stereocenters. The zero-order valence-electron chi connectivity index (χ0n) is 17.3. The van der Waals surface area contributed by atoms with E-state index in [0.29, 0.717) is 24.3 Å². The maximum Gasteiger partial charge on any atom is 0.354 e. The molecule has 1 aliphatic rings. The predicted molar refractivity (Wildman–Crippen MR) is 110 cm³/mol. The van der Waals surface area contributed by atoms with Gasteiger partial charge in [-0.3, -0.25) is 4.79 Å². The van der Waals surface area contributed by atoms with E-state index in [1.54, 1.807) is 19.2 Å². The van der Waals surface area contributed by atoms with Gasteiger partial charge < -0.3 is 19.4 Å². The standard InChI is InChI=1S/C20H25N3O6S/c1-13-7-8-18(28-3)15(10-13)21-19(24)16-6-5-9-23(16)30(26,27)14-11-17(20(25)29-4)22(2)12-14/h7-8,10-12,16H,5-6,9H2,1-4H3,(H,21,24)/t16-/m0/s1. The van der Waals surface area contributed by atoms with Gasteiger partial charge in [-0.25, -0.2) is 13.2 Å². The summed E-state index contributed by atoms with van der Waals surface area (Å²) in [7, 11) is 0.306. The number of methoxy groups -OCH3 is 2. The van der Waals surface area contributed by atoms with Gasteiger partial charge in [-0.2, -0.15) is 4.31 Å². The molecule has 1 N–H and O–H groups in total. The highest BCUT2D eigenvalue weighted by atomic mass is 32.2. The Morgan fingerprint density at radius 1 is 1.20 bits per heavy atom. The number of ether oxygens (including phenoxy) is 2. The number of anilines is 1. The van der Waals surface area contributed by atoms with Gasteiger partial charge in [-0.15, -0.1) is 0 Å². The van der Waals surface area contributed by atoms with Crippen molar-refractivity contribution in [3.05, 3.63) is 41.7 Å². The molecule has 0 unspecified atom stereocenters. The fraction of sp³-hybridized carbons (Fsp3) is 0.400. The minimum absolute atomic E-state index is 0.0572. The van der Waals surface area contributed by atoms with Gasteiger partial charge in [0.2, 0.25) is 15.9 Å². The first-order valence-electron chi connectivity index (χ1n) is 9.41. The summed E-state index contributed by atoms with van der Waals surface area (Å²) in [5, 5.41) is 2.79. The third-order valence-electron chi connectivity index (χ3n) is 5.10. The van der Waals surface area contributed by atoms with E-state index in [2.05, 4.69) is 10.1 Å². The molecule has 2 heterocycles. The van der Waals surface area contributed by atoms with Gasteiger partial charge in [-0.1, -0.05) is 6.07 Å². The lowest BCUT2D eigenvalue weighted by Crippen LogP contribution is -2.43. The van der Waals surface area contributed by atoms with Crippen molar-refractivity contribution in [2.24, 2.45) is 7.05 Å². The summed E-state index contributed by atoms with van der Waals surface area (Å²) in [5.41, 5.74) is 1.53. The van der Waals surface area contributed by atoms with Crippen LogP contribution in [0.4, 0.5) is 5.69 Å². The number of benzene rings is 1. The van der Waals surface area contributed by atoms with Crippen molar-refractivity contribution in [3.8, 4) is 5.75 Å². The van der Waals surface area contributed by atoms with Crippen molar-refractivity contribution < 1.29 is 27.5 Å². The number of nitrogens with zero attached hydrogens (tertiary/aromatic N) is 2. The van der Waals surface area contributed by atoms with Gasteiger partial charge in [0.15, 0.2) is 0 Å². The Morgan fingerprint density at radius 2 is 1.93 bits per heavy atom. The van der Waals surface area contributed by atoms with E-state index in [9.17, 15) is 18.0 Å². The van der Waals surface area contributed by atoms with Gasteiger partial charge >= 0.3 is 5.97 Å². The molecular weight excluding hydrogens is 410 g/mol. The van der Waals surface area contributed by atoms with Crippen LogP contribution in [-0.2, 0) is 26.6 Å². The van der Waals surface area contributed by atoms with Crippen molar-refractivity contribution in [2.75, 3.05) is 26.1 Å². The number of amides is 1. The van der Waals surface area contributed by atoms with Crippen LogP contribution in [0.5, 0.6) is 5.75 Å². The monoisotopic (exact) mass is 435 g/mol. The second-order valence-corrected chi connectivity index (χ2v) is 9.02. The number of esters is 1. The van der Waals surface area contributed by atoms with Crippen LogP contribution in [0.25, 0.3) is 0 Å². The molecule has 1 aromatic carbocycles. The van der Waals surface area contributed by atoms with Crippen LogP contribution < -0.4 is 10.1 Å². The Balaban J connectivity index is 1.87. The summed E-state index contributed by atoms with van der Waals surface area (Å²) < 4.78 is 39.0. The first-order chi connectivity index (χ1) is 14.2. The third-order valence-corrected chi connectivity index (χ3v) is 6.97. The number of sulfonamides is 1. The van der Waals surface area contributed by atoms with Crippen LogP contribution in [0, 0.1) is 6.92 Å². The number of rotatable bonds is 6. The number of hydrogen-bond acceptors (Lipinski definition) is 6. The van der Waals surface area contributed by atoms with E-state index in [0.717, 1.165) is 5.56 Å². The second kappa shape index (κ2) is 8.49. The molecule has 1 aromatic heterocycles. The maximum atomic E-state index is 13.2. The molecule has 0 bridgehead atoms. The van der Waals surface area contributed by atoms with E-state index in [1.807, 2.05) is 13.0 Å². The minimum atomic E-state index is -3.98. The predicted octanol–water partition coefficient (Wildman–Crippen LogP) is 1.92. The summed E-state index contributed by atoms with van der Waals surface area (Å²) in [6.07, 6.45) is 2.30. The van der Waals surface area contributed by atoms with E-state index in [1.165, 1.54) is 35.4 Å². The molecule has 0 spiro atoms. The number of nitrogens with one attached hydrogen (secondary N) is 1. The normalized spacial score (nSPS) is 17.0. The molecule has 0 saturated carbocycles. The van der Waals surface area contributed by atoms with E-state index >= 15 is 0 Å². The average molecular weight is 436 g/mol. The second-order valence-electron chi connectivity index (χ2n) is 7.13. The molecule has 1 fully saturated rings. The largest absolute Gasteiger partial charge is 0.495 e. The lowest BCUT2D eigenvalue weighted by atomic mass is 10.1. The smallest absolute Gasteiger partial charge is 0.354 e. The summed E-state index contributed by atoms with van der Waals surface area (Å²) in [5.74, 6) is -0.572. The van der Waals surface area contributed by atoms with Gasteiger partial charge in [0, 0.05) is 19.8 Å². The van der Waals surface area contributed by atoms with Gasteiger partial charge in [0.25, 0.3) is 0 Å². The van der Waals surface area contributed by atoms with Crippen molar-refractivity contribution in [3.63, 3.8) is 0 Å². The summed E-state index contributed by atoms with van der Waals surface area (Å²) in [4.78, 5) is 24.7. The van der Waals surface area contributed by atoms with Crippen LogP contribution in [0.3, 0.4) is 0 Å². The minimum Gasteiger partial charge on any atom is -0.495 e. The molecule has 10 heteroatoms. The molecule has 2 aromatic rings. The number of aromatic nitrogens is 1. The number of carbonyl (C=O) groups excluding carboxylic acids is 2. The molecule has 3 rings (SSSR count). The first kappa shape index (κ1) is 21.8. The molecule has 1 aliphatic heterocycles. The zero-order chi connectivity index (χ0) is 22.1. The van der Waals surface area contributed by atoms with Gasteiger partial charge in [-0.05, 0) is 43.5 Å². The number of hydrogen-bond donors (Lipinski definition) is 1. The van der Waals surface area contributed by atoms with Crippen molar-refractivity contribution >= 4 is 27.6 Å². The highest BCUT2D eigenvalue weighted by Gasteiger charge is 2.40. The first-order valence-corrected chi connectivity index (χ1v) is 10.8. The fourth-order valence-electron chi connectivity index (χ4n) is 3.54. The molecule has 9 nitrogen and oxygen atoms in total. The van der Waals surface area contributed by atoms with Crippen molar-refractivity contribution in [1.82, 2.24) is 8.87 Å². The van der Waals surface area contributed by atoms with Gasteiger partial charge in [0.1, 0.15) is 22.4 Å². The summed E-state index contributed by atoms with van der Waals surface area (Å²) in [6, 6.07) is 5.77. The molecule has 0 aliphatic carbocycles. The van der Waals surface area contributed by atoms with Gasteiger partial charge in [0.05, 0.1) is 19.9 Å². The Morgan fingerprint density at radius 3 is 2.60 bits per heavy atom. The molecule has 1 amide bonds. The lowest BCUT2D eigenvalue weighted by molar-refractivity contribution is -0.119. The fourth-order valence-corrected chi connectivity index (χ4v) is 5.27. The Hall–Kier alpha value is -2.85. The summed E-state index contributed by atoms with van der Waals surface area (Å²) >= 11 is 0. The average Bonchev–Trinajstić information content (AvgIpc) is 3.35. The molecular formula is C20H25N3O6S. The Bertz CT molecular complexity index is 1080. The lowest BCUT2D eigenvalue weighted by Gasteiger charge is -2.23. The highest BCUT2D eigenvalue weighted by Crippen LogP contribution is 2.30. The molecule has 30 heavy (non-hydrogen) atoms. The zero-order valence-corrected chi connectivity index (χ0v) is 18.2. The van der Waals surface area contributed by atoms with Crippen LogP contribution in [0.15, 0.2) is 35.4 Å². The van der Waals surface area contributed by atoms with E-state index in [-0.39, 0.29) is 17.1 Å². The van der Waals surface area contributed by atoms with E-state index < -0.39 is 27.9 Å². The van der Waals surface area contributed by atoms with E-state index in [4.69, 9.17) is 4.74 Å². The molecule has 0 radical (unpaired) electrons. The van der Waals surface area contributed by atoms with Crippen molar-refractivity contribution in [1.29, 1.82) is 0 Å². The van der Waals surface area contributed by atoms with Crippen LogP contribution in [0.2, 0.25) is 0 Å². The molecule has 162 valence electrons. The Kier molecular flexibility index (Phi) is 6.18. The Labute approximate surface area is 175 Å². The molecule has 1 saturated heterocycles. The summed E-state index contributed by atoms with van der Waals surface area (Å²) in [6.45, 7) is 2.10. The van der Waals surface area contributed by atoms with Crippen molar-refractivity contribution in [2.45, 2.75) is 30.7 Å². The topological polar surface area (TPSA) is 107 Å². The maximum absolute atomic E-state index is 13.2. The van der Waals surface area contributed by atoms with Crippen LogP contribution in [-0.4, -0.2) is 56.0 Å². The third kappa shape index (κ3) is 4.05. The van der Waals surface area contributed by atoms with Crippen LogP contribution >= 0.6 is 0 Å². The number of carbonyl (C=O) groups is 2. The van der Waals surface area contributed by atoms with Crippen LogP contribution in [0.1, 0.15) is 28.9 Å². The highest BCUT2D eigenvalue weighted by molar-refractivity contribution is 7.89.